The molecule has 4 nitrogen and oxygen atoms in total. The van der Waals surface area contributed by atoms with Crippen molar-refractivity contribution in [2.75, 3.05) is 13.2 Å². The average Bonchev–Trinajstić information content (AvgIpc) is 2.41. The summed E-state index contributed by atoms with van der Waals surface area (Å²) >= 11 is 0. The third kappa shape index (κ3) is 7.70. The maximum atomic E-state index is 12.6. The van der Waals surface area contributed by atoms with Gasteiger partial charge in [-0.25, -0.2) is 4.79 Å². The van der Waals surface area contributed by atoms with Crippen LogP contribution in [-0.2, 0) is 0 Å². The standard InChI is InChI=1S/C17H34N2O2/c1-17(2,3)18-16(21)19(13-9-4-5-10-14-20)15-11-7-6-8-12-15/h15,20H,4-14H2,1-3H3,(H,18,21). The van der Waals surface area contributed by atoms with E-state index in [2.05, 4.69) is 10.2 Å². The summed E-state index contributed by atoms with van der Waals surface area (Å²) in [5, 5.41) is 11.9. The molecule has 0 heterocycles. The summed E-state index contributed by atoms with van der Waals surface area (Å²) in [4.78, 5) is 14.6. The highest BCUT2D eigenvalue weighted by Crippen LogP contribution is 2.23. The monoisotopic (exact) mass is 298 g/mol. The summed E-state index contributed by atoms with van der Waals surface area (Å²) in [6.45, 7) is 7.22. The van der Waals surface area contributed by atoms with Crippen molar-refractivity contribution in [3.63, 3.8) is 0 Å². The van der Waals surface area contributed by atoms with E-state index < -0.39 is 0 Å². The fourth-order valence-electron chi connectivity index (χ4n) is 2.98. The second-order valence-corrected chi connectivity index (χ2v) is 7.30. The number of aliphatic hydroxyl groups is 1. The Labute approximate surface area is 130 Å². The zero-order valence-electron chi connectivity index (χ0n) is 14.2. The quantitative estimate of drug-likeness (QED) is 0.704. The number of carbonyl (C=O) groups excluding carboxylic acids is 1. The van der Waals surface area contributed by atoms with Crippen LogP contribution in [0, 0.1) is 0 Å². The molecule has 0 spiro atoms. The zero-order chi connectivity index (χ0) is 15.7. The van der Waals surface area contributed by atoms with E-state index in [1.54, 1.807) is 0 Å². The number of rotatable bonds is 7. The van der Waals surface area contributed by atoms with E-state index in [4.69, 9.17) is 5.11 Å². The lowest BCUT2D eigenvalue weighted by Crippen LogP contribution is -2.52. The highest BCUT2D eigenvalue weighted by Gasteiger charge is 2.27. The van der Waals surface area contributed by atoms with Gasteiger partial charge in [0, 0.05) is 24.7 Å². The second kappa shape index (κ2) is 9.29. The molecule has 1 fully saturated rings. The average molecular weight is 298 g/mol. The van der Waals surface area contributed by atoms with Crippen LogP contribution in [0.25, 0.3) is 0 Å². The number of nitrogens with one attached hydrogen (secondary N) is 1. The molecule has 0 aliphatic heterocycles. The number of hydrogen-bond acceptors (Lipinski definition) is 2. The molecule has 124 valence electrons. The molecule has 0 radical (unpaired) electrons. The van der Waals surface area contributed by atoms with E-state index in [-0.39, 0.29) is 18.2 Å². The van der Waals surface area contributed by atoms with Crippen LogP contribution < -0.4 is 5.32 Å². The molecule has 0 aromatic rings. The lowest BCUT2D eigenvalue weighted by molar-refractivity contribution is 0.146. The largest absolute Gasteiger partial charge is 0.396 e. The van der Waals surface area contributed by atoms with Gasteiger partial charge < -0.3 is 15.3 Å². The molecule has 0 unspecified atom stereocenters. The number of hydrogen-bond donors (Lipinski definition) is 2. The van der Waals surface area contributed by atoms with Crippen molar-refractivity contribution in [1.82, 2.24) is 10.2 Å². The Morgan fingerprint density at radius 2 is 1.71 bits per heavy atom. The molecule has 0 bridgehead atoms. The van der Waals surface area contributed by atoms with Crippen LogP contribution in [0.3, 0.4) is 0 Å². The van der Waals surface area contributed by atoms with Gasteiger partial charge >= 0.3 is 6.03 Å². The Balaban J connectivity index is 2.50. The molecular formula is C17H34N2O2. The van der Waals surface area contributed by atoms with Gasteiger partial charge in [0.25, 0.3) is 0 Å². The van der Waals surface area contributed by atoms with Gasteiger partial charge in [-0.15, -0.1) is 0 Å². The van der Waals surface area contributed by atoms with Crippen molar-refractivity contribution in [2.45, 2.75) is 90.1 Å². The van der Waals surface area contributed by atoms with Crippen molar-refractivity contribution >= 4 is 6.03 Å². The van der Waals surface area contributed by atoms with Gasteiger partial charge in [-0.1, -0.05) is 32.1 Å². The first-order valence-electron chi connectivity index (χ1n) is 8.63. The summed E-state index contributed by atoms with van der Waals surface area (Å²) in [5.41, 5.74) is -0.180. The minimum Gasteiger partial charge on any atom is -0.396 e. The Hall–Kier alpha value is -0.770. The molecule has 4 heteroatoms. The zero-order valence-corrected chi connectivity index (χ0v) is 14.2. The molecule has 2 N–H and O–H groups in total. The van der Waals surface area contributed by atoms with Gasteiger partial charge in [0.1, 0.15) is 0 Å². The van der Waals surface area contributed by atoms with E-state index in [1.807, 2.05) is 20.8 Å². The van der Waals surface area contributed by atoms with Crippen molar-refractivity contribution in [3.8, 4) is 0 Å². The fourth-order valence-corrected chi connectivity index (χ4v) is 2.98. The van der Waals surface area contributed by atoms with Crippen LogP contribution in [0.2, 0.25) is 0 Å². The molecule has 1 aliphatic rings. The van der Waals surface area contributed by atoms with Crippen LogP contribution >= 0.6 is 0 Å². The van der Waals surface area contributed by atoms with Gasteiger partial charge in [-0.3, -0.25) is 0 Å². The first-order chi connectivity index (χ1) is 9.94. The predicted molar refractivity (Wildman–Crippen MR) is 87.4 cm³/mol. The first-order valence-corrected chi connectivity index (χ1v) is 8.63. The maximum absolute atomic E-state index is 12.6. The molecule has 21 heavy (non-hydrogen) atoms. The van der Waals surface area contributed by atoms with Crippen molar-refractivity contribution in [3.05, 3.63) is 0 Å². The molecule has 1 rings (SSSR count). The molecule has 0 aromatic heterocycles. The van der Waals surface area contributed by atoms with Crippen LogP contribution in [0.4, 0.5) is 4.79 Å². The van der Waals surface area contributed by atoms with E-state index in [0.717, 1.165) is 45.1 Å². The Bertz CT molecular complexity index is 294. The van der Waals surface area contributed by atoms with Crippen molar-refractivity contribution < 1.29 is 9.90 Å². The number of urea groups is 1. The minimum atomic E-state index is -0.180. The molecule has 0 saturated heterocycles. The van der Waals surface area contributed by atoms with Gasteiger partial charge in [0.05, 0.1) is 0 Å². The predicted octanol–water partition coefficient (Wildman–Crippen LogP) is 3.68. The van der Waals surface area contributed by atoms with E-state index in [0.29, 0.717) is 6.04 Å². The Morgan fingerprint density at radius 3 is 2.29 bits per heavy atom. The number of carbonyl (C=O) groups is 1. The summed E-state index contributed by atoms with van der Waals surface area (Å²) in [5.74, 6) is 0. The summed E-state index contributed by atoms with van der Waals surface area (Å²) in [6.07, 6.45) is 10.1. The van der Waals surface area contributed by atoms with E-state index in [1.165, 1.54) is 19.3 Å². The van der Waals surface area contributed by atoms with E-state index in [9.17, 15) is 4.79 Å². The molecule has 1 aliphatic carbocycles. The molecule has 0 atom stereocenters. The van der Waals surface area contributed by atoms with Crippen LogP contribution in [0.1, 0.15) is 78.6 Å². The Kier molecular flexibility index (Phi) is 8.09. The van der Waals surface area contributed by atoms with Crippen LogP contribution in [-0.4, -0.2) is 40.8 Å². The lowest BCUT2D eigenvalue weighted by atomic mass is 9.94. The minimum absolute atomic E-state index is 0.0940. The fraction of sp³-hybridized carbons (Fsp3) is 0.941. The van der Waals surface area contributed by atoms with Gasteiger partial charge in [0.15, 0.2) is 0 Å². The summed E-state index contributed by atoms with van der Waals surface area (Å²) in [7, 11) is 0. The molecule has 2 amide bonds. The first kappa shape index (κ1) is 18.3. The normalized spacial score (nSPS) is 16.8. The summed E-state index contributed by atoms with van der Waals surface area (Å²) in [6, 6.07) is 0.510. The van der Waals surface area contributed by atoms with Crippen molar-refractivity contribution in [1.29, 1.82) is 0 Å². The lowest BCUT2D eigenvalue weighted by Gasteiger charge is -2.36. The second-order valence-electron chi connectivity index (χ2n) is 7.30. The van der Waals surface area contributed by atoms with Crippen molar-refractivity contribution in [2.24, 2.45) is 0 Å². The number of amides is 2. The smallest absolute Gasteiger partial charge is 0.318 e. The molecule has 1 saturated carbocycles. The van der Waals surface area contributed by atoms with E-state index >= 15 is 0 Å². The topological polar surface area (TPSA) is 52.6 Å². The number of aliphatic hydroxyl groups excluding tert-OH is 1. The van der Waals surface area contributed by atoms with Gasteiger partial charge in [-0.2, -0.15) is 0 Å². The summed E-state index contributed by atoms with van der Waals surface area (Å²) < 4.78 is 0. The maximum Gasteiger partial charge on any atom is 0.318 e. The van der Waals surface area contributed by atoms with Gasteiger partial charge in [0.2, 0.25) is 0 Å². The van der Waals surface area contributed by atoms with Gasteiger partial charge in [-0.05, 0) is 46.5 Å². The molecular weight excluding hydrogens is 264 g/mol. The highest BCUT2D eigenvalue weighted by atomic mass is 16.2. The number of unbranched alkanes of at least 4 members (excludes halogenated alkanes) is 3. The SMILES string of the molecule is CC(C)(C)NC(=O)N(CCCCCCO)C1CCCCC1. The number of nitrogens with zero attached hydrogens (tertiary/aromatic N) is 1. The third-order valence-corrected chi connectivity index (χ3v) is 4.07. The molecule has 0 aromatic carbocycles. The highest BCUT2D eigenvalue weighted by molar-refractivity contribution is 5.75. The van der Waals surface area contributed by atoms with Crippen LogP contribution in [0.5, 0.6) is 0 Å². The third-order valence-electron chi connectivity index (χ3n) is 4.07. The Morgan fingerprint density at radius 1 is 1.10 bits per heavy atom. The van der Waals surface area contributed by atoms with Crippen LogP contribution in [0.15, 0.2) is 0 Å².